The van der Waals surface area contributed by atoms with E-state index >= 15 is 0 Å². The van der Waals surface area contributed by atoms with Gasteiger partial charge in [-0.15, -0.1) is 0 Å². The van der Waals surface area contributed by atoms with Gasteiger partial charge in [-0.2, -0.15) is 18.2 Å². The highest BCUT2D eigenvalue weighted by Gasteiger charge is 2.34. The first-order valence-electron chi connectivity index (χ1n) is 6.89. The number of nitrogens with one attached hydrogen (secondary N) is 1. The Hall–Kier alpha value is -1.53. The van der Waals surface area contributed by atoms with Gasteiger partial charge in [0, 0.05) is 25.7 Å². The number of hydrogen-bond acceptors (Lipinski definition) is 4. The van der Waals surface area contributed by atoms with E-state index in [2.05, 4.69) is 15.3 Å². The summed E-state index contributed by atoms with van der Waals surface area (Å²) < 4.78 is 38.7. The van der Waals surface area contributed by atoms with Crippen molar-refractivity contribution in [1.82, 2.24) is 9.97 Å². The second kappa shape index (κ2) is 5.85. The SMILES string of the molecule is CCNc1nc(N(CC)CC2CC2)cc(C(F)(F)F)n1. The van der Waals surface area contributed by atoms with Gasteiger partial charge in [0.1, 0.15) is 5.82 Å². The lowest BCUT2D eigenvalue weighted by molar-refractivity contribution is -0.141. The molecule has 20 heavy (non-hydrogen) atoms. The number of halogens is 3. The smallest absolute Gasteiger partial charge is 0.356 e. The third-order valence-corrected chi connectivity index (χ3v) is 3.22. The molecule has 0 unspecified atom stereocenters. The molecule has 0 bridgehead atoms. The third kappa shape index (κ3) is 3.74. The van der Waals surface area contributed by atoms with Gasteiger partial charge in [-0.3, -0.25) is 0 Å². The maximum atomic E-state index is 12.9. The Morgan fingerprint density at radius 1 is 1.30 bits per heavy atom. The van der Waals surface area contributed by atoms with E-state index in [1.54, 1.807) is 6.92 Å². The first-order chi connectivity index (χ1) is 9.44. The fourth-order valence-corrected chi connectivity index (χ4v) is 1.98. The number of alkyl halides is 3. The molecule has 1 aliphatic rings. The Kier molecular flexibility index (Phi) is 4.35. The van der Waals surface area contributed by atoms with Crippen molar-refractivity contribution >= 4 is 11.8 Å². The minimum absolute atomic E-state index is 0.0339. The largest absolute Gasteiger partial charge is 0.433 e. The second-order valence-electron chi connectivity index (χ2n) is 4.95. The maximum absolute atomic E-state index is 12.9. The van der Waals surface area contributed by atoms with Crippen molar-refractivity contribution in [3.63, 3.8) is 0 Å². The average Bonchev–Trinajstić information content (AvgIpc) is 3.19. The number of rotatable bonds is 6. The lowest BCUT2D eigenvalue weighted by Crippen LogP contribution is -2.27. The van der Waals surface area contributed by atoms with E-state index in [-0.39, 0.29) is 5.95 Å². The molecule has 112 valence electrons. The molecule has 1 heterocycles. The molecule has 1 aliphatic carbocycles. The first kappa shape index (κ1) is 14.9. The molecule has 0 aromatic carbocycles. The second-order valence-corrected chi connectivity index (χ2v) is 4.95. The van der Waals surface area contributed by atoms with Crippen molar-refractivity contribution in [3.8, 4) is 0 Å². The lowest BCUT2D eigenvalue weighted by Gasteiger charge is -2.23. The summed E-state index contributed by atoms with van der Waals surface area (Å²) in [6.07, 6.45) is -2.16. The number of hydrogen-bond donors (Lipinski definition) is 1. The predicted octanol–water partition coefficient (Wildman–Crippen LogP) is 3.16. The van der Waals surface area contributed by atoms with Crippen LogP contribution in [0.2, 0.25) is 0 Å². The minimum atomic E-state index is -4.46. The minimum Gasteiger partial charge on any atom is -0.356 e. The van der Waals surface area contributed by atoms with Crippen LogP contribution in [0.4, 0.5) is 24.9 Å². The highest BCUT2D eigenvalue weighted by molar-refractivity contribution is 5.45. The summed E-state index contributed by atoms with van der Waals surface area (Å²) in [6.45, 7) is 5.60. The van der Waals surface area contributed by atoms with Gasteiger partial charge in [-0.1, -0.05) is 0 Å². The van der Waals surface area contributed by atoms with Gasteiger partial charge in [0.2, 0.25) is 5.95 Å². The van der Waals surface area contributed by atoms with Crippen LogP contribution in [0.15, 0.2) is 6.07 Å². The normalized spacial score (nSPS) is 15.2. The molecule has 0 saturated heterocycles. The summed E-state index contributed by atoms with van der Waals surface area (Å²) in [5.74, 6) is 0.964. The van der Waals surface area contributed by atoms with E-state index in [0.29, 0.717) is 24.8 Å². The Labute approximate surface area is 116 Å². The molecule has 1 saturated carbocycles. The summed E-state index contributed by atoms with van der Waals surface area (Å²) in [7, 11) is 0. The Morgan fingerprint density at radius 3 is 2.50 bits per heavy atom. The summed E-state index contributed by atoms with van der Waals surface area (Å²) in [6, 6.07) is 1.03. The van der Waals surface area contributed by atoms with Crippen molar-refractivity contribution in [1.29, 1.82) is 0 Å². The van der Waals surface area contributed by atoms with Crippen LogP contribution in [-0.2, 0) is 6.18 Å². The molecule has 1 aromatic rings. The highest BCUT2D eigenvalue weighted by atomic mass is 19.4. The third-order valence-electron chi connectivity index (χ3n) is 3.22. The van der Waals surface area contributed by atoms with Crippen LogP contribution in [0.25, 0.3) is 0 Å². The van der Waals surface area contributed by atoms with Crippen molar-refractivity contribution < 1.29 is 13.2 Å². The maximum Gasteiger partial charge on any atom is 0.433 e. The first-order valence-corrected chi connectivity index (χ1v) is 6.89. The standard InChI is InChI=1S/C13H19F3N4/c1-3-17-12-18-10(13(14,15)16)7-11(19-12)20(4-2)8-9-5-6-9/h7,9H,3-6,8H2,1-2H3,(H,17,18,19). The summed E-state index contributed by atoms with van der Waals surface area (Å²) >= 11 is 0. The van der Waals surface area contributed by atoms with Crippen molar-refractivity contribution in [2.75, 3.05) is 29.9 Å². The summed E-state index contributed by atoms with van der Waals surface area (Å²) in [5.41, 5.74) is -0.896. The Balaban J connectivity index is 2.31. The topological polar surface area (TPSA) is 41.1 Å². The Morgan fingerprint density at radius 2 is 2.00 bits per heavy atom. The summed E-state index contributed by atoms with van der Waals surface area (Å²) in [5, 5.41) is 2.76. The van der Waals surface area contributed by atoms with E-state index in [0.717, 1.165) is 25.5 Å². The molecular weight excluding hydrogens is 269 g/mol. The van der Waals surface area contributed by atoms with Crippen LogP contribution in [0.3, 0.4) is 0 Å². The number of aromatic nitrogens is 2. The molecule has 1 N–H and O–H groups in total. The lowest BCUT2D eigenvalue weighted by atomic mass is 10.3. The molecule has 4 nitrogen and oxygen atoms in total. The van der Waals surface area contributed by atoms with Gasteiger partial charge in [0.15, 0.2) is 5.69 Å². The zero-order chi connectivity index (χ0) is 14.8. The molecule has 0 atom stereocenters. The van der Waals surface area contributed by atoms with Gasteiger partial charge >= 0.3 is 6.18 Å². The molecule has 0 spiro atoms. The van der Waals surface area contributed by atoms with Gasteiger partial charge in [-0.25, -0.2) is 4.98 Å². The van der Waals surface area contributed by atoms with Crippen LogP contribution in [0.1, 0.15) is 32.4 Å². The average molecular weight is 288 g/mol. The van der Waals surface area contributed by atoms with E-state index in [1.807, 2.05) is 11.8 Å². The van der Waals surface area contributed by atoms with Crippen LogP contribution in [-0.4, -0.2) is 29.6 Å². The fourth-order valence-electron chi connectivity index (χ4n) is 1.98. The molecule has 7 heteroatoms. The number of anilines is 2. The van der Waals surface area contributed by atoms with E-state index in [9.17, 15) is 13.2 Å². The number of nitrogens with zero attached hydrogens (tertiary/aromatic N) is 3. The van der Waals surface area contributed by atoms with Crippen molar-refractivity contribution in [3.05, 3.63) is 11.8 Å². The highest BCUT2D eigenvalue weighted by Crippen LogP contribution is 2.33. The molecule has 1 aromatic heterocycles. The molecule has 2 rings (SSSR count). The van der Waals surface area contributed by atoms with Crippen LogP contribution in [0, 0.1) is 5.92 Å². The zero-order valence-corrected chi connectivity index (χ0v) is 11.7. The zero-order valence-electron chi connectivity index (χ0n) is 11.7. The monoisotopic (exact) mass is 288 g/mol. The van der Waals surface area contributed by atoms with E-state index in [1.165, 1.54) is 0 Å². The van der Waals surface area contributed by atoms with Crippen LogP contribution >= 0.6 is 0 Å². The molecule has 0 radical (unpaired) electrons. The van der Waals surface area contributed by atoms with Gasteiger partial charge in [-0.05, 0) is 32.6 Å². The molecule has 0 amide bonds. The quantitative estimate of drug-likeness (QED) is 0.873. The van der Waals surface area contributed by atoms with Gasteiger partial charge < -0.3 is 10.2 Å². The van der Waals surface area contributed by atoms with Crippen LogP contribution in [0.5, 0.6) is 0 Å². The molecular formula is C13H19F3N4. The predicted molar refractivity (Wildman–Crippen MR) is 71.8 cm³/mol. The van der Waals surface area contributed by atoms with E-state index in [4.69, 9.17) is 0 Å². The summed E-state index contributed by atoms with van der Waals surface area (Å²) in [4.78, 5) is 9.61. The Bertz CT molecular complexity index is 457. The van der Waals surface area contributed by atoms with Gasteiger partial charge in [0.05, 0.1) is 0 Å². The fraction of sp³-hybridized carbons (Fsp3) is 0.692. The van der Waals surface area contributed by atoms with Crippen LogP contribution < -0.4 is 10.2 Å². The van der Waals surface area contributed by atoms with Gasteiger partial charge in [0.25, 0.3) is 0 Å². The van der Waals surface area contributed by atoms with Crippen molar-refractivity contribution in [2.45, 2.75) is 32.9 Å². The molecule has 1 fully saturated rings. The van der Waals surface area contributed by atoms with E-state index < -0.39 is 11.9 Å². The molecule has 0 aliphatic heterocycles. The van der Waals surface area contributed by atoms with Crippen molar-refractivity contribution in [2.24, 2.45) is 5.92 Å².